The molecular formula is C21H22N3O2S2+. The molecule has 3 heterocycles. The van der Waals surface area contributed by atoms with Gasteiger partial charge in [0.25, 0.3) is 5.56 Å². The molecule has 0 bridgehead atoms. The molecule has 0 N–H and O–H groups in total. The van der Waals surface area contributed by atoms with Crippen LogP contribution in [0.2, 0.25) is 0 Å². The van der Waals surface area contributed by atoms with E-state index in [4.69, 9.17) is 4.74 Å². The molecular weight excluding hydrogens is 390 g/mol. The molecule has 7 heteroatoms. The van der Waals surface area contributed by atoms with E-state index in [9.17, 15) is 4.79 Å². The van der Waals surface area contributed by atoms with Gasteiger partial charge in [-0.25, -0.2) is 4.57 Å². The van der Waals surface area contributed by atoms with E-state index < -0.39 is 0 Å². The van der Waals surface area contributed by atoms with E-state index in [0.717, 1.165) is 36.3 Å². The van der Waals surface area contributed by atoms with Crippen molar-refractivity contribution in [1.29, 1.82) is 0 Å². The lowest BCUT2D eigenvalue weighted by Gasteiger charge is -2.12. The minimum absolute atomic E-state index is 0.0615. The van der Waals surface area contributed by atoms with Crippen LogP contribution in [0, 0.1) is 0 Å². The van der Waals surface area contributed by atoms with Crippen molar-refractivity contribution in [3.8, 4) is 5.75 Å². The van der Waals surface area contributed by atoms with Gasteiger partial charge in [0.1, 0.15) is 27.0 Å². The maximum Gasteiger partial charge on any atom is 0.271 e. The Hall–Kier alpha value is -2.51. The van der Waals surface area contributed by atoms with E-state index in [1.54, 1.807) is 30.2 Å². The van der Waals surface area contributed by atoms with Crippen molar-refractivity contribution in [1.82, 2.24) is 4.57 Å². The Labute approximate surface area is 171 Å². The van der Waals surface area contributed by atoms with Crippen molar-refractivity contribution >= 4 is 39.9 Å². The molecule has 144 valence electrons. The van der Waals surface area contributed by atoms with Crippen LogP contribution in [0.15, 0.2) is 52.3 Å². The van der Waals surface area contributed by atoms with Crippen LogP contribution in [0.5, 0.6) is 5.75 Å². The zero-order valence-corrected chi connectivity index (χ0v) is 17.9. The molecule has 1 aliphatic rings. The number of ether oxygens (including phenoxy) is 1. The Bertz CT molecular complexity index is 1230. The van der Waals surface area contributed by atoms with E-state index in [1.807, 2.05) is 62.1 Å². The minimum atomic E-state index is 0.0615. The fraction of sp³-hybridized carbons (Fsp3) is 0.238. The number of nitrogens with zero attached hydrogens (tertiary/aromatic N) is 3. The molecule has 0 unspecified atom stereocenters. The Morgan fingerprint density at radius 2 is 2.07 bits per heavy atom. The molecule has 2 aromatic heterocycles. The molecule has 5 nitrogen and oxygen atoms in total. The van der Waals surface area contributed by atoms with Crippen molar-refractivity contribution in [3.63, 3.8) is 0 Å². The number of thioether (sulfide) groups is 1. The molecule has 0 spiro atoms. The van der Waals surface area contributed by atoms with Crippen LogP contribution >= 0.6 is 23.1 Å². The molecule has 0 amide bonds. The summed E-state index contributed by atoms with van der Waals surface area (Å²) in [6.07, 6.45) is 4.09. The predicted molar refractivity (Wildman–Crippen MR) is 115 cm³/mol. The smallest absolute Gasteiger partial charge is 0.271 e. The number of fused-ring (bicyclic) bond motifs is 1. The number of aryl methyl sites for hydroxylation is 1. The summed E-state index contributed by atoms with van der Waals surface area (Å²) in [4.78, 5) is 16.4. The SMILES string of the molecule is CCn1c(=O)/c(=C2\Sc3cc(OC)ccc3N2C)s/c1=C\c1cccc[n+]1C. The van der Waals surface area contributed by atoms with Gasteiger partial charge in [0.15, 0.2) is 6.20 Å². The molecule has 4 rings (SSSR count). The standard InChI is InChI=1S/C21H22N3O2S2/c1-5-24-18(12-14-8-6-7-11-22(14)2)28-19(20(24)25)21-23(3)16-10-9-15(26-4)13-17(16)27-21/h6-13H,5H2,1-4H3/q+1/b21-19+. The first kappa shape index (κ1) is 18.8. The minimum Gasteiger partial charge on any atom is -0.497 e. The van der Waals surface area contributed by atoms with Gasteiger partial charge in [-0.15, -0.1) is 11.3 Å². The van der Waals surface area contributed by atoms with Crippen LogP contribution in [0.1, 0.15) is 12.6 Å². The average molecular weight is 413 g/mol. The second-order valence-corrected chi connectivity index (χ2v) is 8.56. The maximum atomic E-state index is 13.2. The van der Waals surface area contributed by atoms with E-state index in [-0.39, 0.29) is 5.56 Å². The van der Waals surface area contributed by atoms with Gasteiger partial charge in [-0.05, 0) is 31.2 Å². The van der Waals surface area contributed by atoms with E-state index >= 15 is 0 Å². The van der Waals surface area contributed by atoms with Gasteiger partial charge in [-0.2, -0.15) is 0 Å². The quantitative estimate of drug-likeness (QED) is 0.616. The lowest BCUT2D eigenvalue weighted by molar-refractivity contribution is -0.673. The largest absolute Gasteiger partial charge is 0.497 e. The number of thiazole rings is 1. The first-order valence-electron chi connectivity index (χ1n) is 9.03. The van der Waals surface area contributed by atoms with Crippen LogP contribution in [-0.4, -0.2) is 18.7 Å². The summed E-state index contributed by atoms with van der Waals surface area (Å²) in [5, 5.41) is 0.970. The molecule has 3 aromatic rings. The van der Waals surface area contributed by atoms with Crippen LogP contribution < -0.4 is 29.0 Å². The lowest BCUT2D eigenvalue weighted by atomic mass is 10.3. The Morgan fingerprint density at radius 1 is 1.25 bits per heavy atom. The lowest BCUT2D eigenvalue weighted by Crippen LogP contribution is -2.34. The highest BCUT2D eigenvalue weighted by molar-refractivity contribution is 8.08. The zero-order chi connectivity index (χ0) is 19.8. The third kappa shape index (κ3) is 3.14. The third-order valence-electron chi connectivity index (χ3n) is 4.83. The van der Waals surface area contributed by atoms with Crippen LogP contribution in [-0.2, 0) is 13.6 Å². The van der Waals surface area contributed by atoms with Gasteiger partial charge in [-0.1, -0.05) is 11.8 Å². The molecule has 0 radical (unpaired) electrons. The molecule has 1 aliphatic heterocycles. The normalized spacial score (nSPS) is 15.9. The van der Waals surface area contributed by atoms with Gasteiger partial charge in [-0.3, -0.25) is 9.36 Å². The van der Waals surface area contributed by atoms with Crippen LogP contribution in [0.4, 0.5) is 5.69 Å². The van der Waals surface area contributed by atoms with Gasteiger partial charge in [0, 0.05) is 36.7 Å². The Balaban J connectivity index is 1.92. The van der Waals surface area contributed by atoms with Crippen LogP contribution in [0.25, 0.3) is 11.1 Å². The molecule has 0 saturated heterocycles. The first-order valence-corrected chi connectivity index (χ1v) is 10.7. The number of pyridine rings is 1. The number of methoxy groups -OCH3 is 1. The molecule has 1 aromatic carbocycles. The average Bonchev–Trinajstić information content (AvgIpc) is 3.19. The van der Waals surface area contributed by atoms with Gasteiger partial charge >= 0.3 is 0 Å². The van der Waals surface area contributed by atoms with Crippen molar-refractivity contribution < 1.29 is 9.30 Å². The van der Waals surface area contributed by atoms with Crippen LogP contribution in [0.3, 0.4) is 0 Å². The summed E-state index contributed by atoms with van der Waals surface area (Å²) < 4.78 is 11.0. The fourth-order valence-electron chi connectivity index (χ4n) is 3.24. The fourth-order valence-corrected chi connectivity index (χ4v) is 5.73. The number of anilines is 1. The second-order valence-electron chi connectivity index (χ2n) is 6.50. The highest BCUT2D eigenvalue weighted by atomic mass is 32.2. The highest BCUT2D eigenvalue weighted by Crippen LogP contribution is 2.46. The molecule has 0 fully saturated rings. The molecule has 0 aliphatic carbocycles. The maximum absolute atomic E-state index is 13.2. The predicted octanol–water partition coefficient (Wildman–Crippen LogP) is 1.90. The van der Waals surface area contributed by atoms with Crippen molar-refractivity contribution in [2.24, 2.45) is 7.05 Å². The summed E-state index contributed by atoms with van der Waals surface area (Å²) in [6, 6.07) is 12.1. The van der Waals surface area contributed by atoms with E-state index in [1.165, 1.54) is 0 Å². The summed E-state index contributed by atoms with van der Waals surface area (Å²) in [5.41, 5.74) is 2.21. The number of rotatable bonds is 3. The van der Waals surface area contributed by atoms with E-state index in [2.05, 4.69) is 21.6 Å². The number of aromatic nitrogens is 2. The first-order chi connectivity index (χ1) is 13.5. The van der Waals surface area contributed by atoms with Crippen molar-refractivity contribution in [2.45, 2.75) is 18.4 Å². The third-order valence-corrected chi connectivity index (χ3v) is 7.30. The van der Waals surface area contributed by atoms with Gasteiger partial charge in [0.05, 0.1) is 12.8 Å². The van der Waals surface area contributed by atoms with Crippen molar-refractivity contribution in [3.05, 3.63) is 67.8 Å². The Kier molecular flexibility index (Phi) is 5.03. The summed E-state index contributed by atoms with van der Waals surface area (Å²) >= 11 is 3.17. The summed E-state index contributed by atoms with van der Waals surface area (Å²) in [5.74, 6) is 0.823. The topological polar surface area (TPSA) is 38.4 Å². The number of hydrogen-bond acceptors (Lipinski definition) is 5. The second kappa shape index (κ2) is 7.48. The van der Waals surface area contributed by atoms with Crippen molar-refractivity contribution in [2.75, 3.05) is 19.1 Å². The number of benzene rings is 1. The summed E-state index contributed by atoms with van der Waals surface area (Å²) in [6.45, 7) is 2.65. The Morgan fingerprint density at radius 3 is 2.79 bits per heavy atom. The molecule has 0 saturated carbocycles. The summed E-state index contributed by atoms with van der Waals surface area (Å²) in [7, 11) is 5.69. The highest BCUT2D eigenvalue weighted by Gasteiger charge is 2.25. The monoisotopic (exact) mass is 412 g/mol. The molecule has 28 heavy (non-hydrogen) atoms. The molecule has 0 atom stereocenters. The van der Waals surface area contributed by atoms with Gasteiger partial charge < -0.3 is 9.64 Å². The van der Waals surface area contributed by atoms with E-state index in [0.29, 0.717) is 6.54 Å². The number of hydrogen-bond donors (Lipinski definition) is 0. The van der Waals surface area contributed by atoms with Gasteiger partial charge in [0.2, 0.25) is 5.69 Å². The zero-order valence-electron chi connectivity index (χ0n) is 16.3.